The van der Waals surface area contributed by atoms with Crippen LogP contribution in [0.3, 0.4) is 0 Å². The van der Waals surface area contributed by atoms with E-state index in [1.807, 2.05) is 48.1 Å². The van der Waals surface area contributed by atoms with Crippen molar-refractivity contribution >= 4 is 5.91 Å². The third kappa shape index (κ3) is 3.79. The minimum atomic E-state index is -0.258. The van der Waals surface area contributed by atoms with Crippen LogP contribution in [0.1, 0.15) is 53.6 Å². The molecule has 2 aromatic heterocycles. The van der Waals surface area contributed by atoms with Crippen LogP contribution in [0, 0.1) is 0 Å². The zero-order chi connectivity index (χ0) is 18.6. The fourth-order valence-corrected chi connectivity index (χ4v) is 3.82. The number of imidazole rings is 1. The molecule has 0 bridgehead atoms. The SMILES string of the molecule is Cn1ccnc1C(NC(=O)CCc1n[nH]c2c1CCCC2)c1ccccc1. The number of hydrogen-bond donors (Lipinski definition) is 2. The quantitative estimate of drug-likeness (QED) is 0.707. The van der Waals surface area contributed by atoms with Crippen molar-refractivity contribution in [2.45, 2.75) is 44.6 Å². The minimum Gasteiger partial charge on any atom is -0.342 e. The van der Waals surface area contributed by atoms with Crippen LogP contribution in [0.4, 0.5) is 0 Å². The predicted octanol–water partition coefficient (Wildman–Crippen LogP) is 2.86. The largest absolute Gasteiger partial charge is 0.342 e. The Hall–Kier alpha value is -2.89. The van der Waals surface area contributed by atoms with Gasteiger partial charge in [-0.2, -0.15) is 5.10 Å². The van der Waals surface area contributed by atoms with Crippen LogP contribution in [-0.4, -0.2) is 25.7 Å². The van der Waals surface area contributed by atoms with Crippen LogP contribution in [0.25, 0.3) is 0 Å². The first-order valence-corrected chi connectivity index (χ1v) is 9.59. The van der Waals surface area contributed by atoms with Gasteiger partial charge in [0.15, 0.2) is 0 Å². The number of fused-ring (bicyclic) bond motifs is 1. The second-order valence-corrected chi connectivity index (χ2v) is 7.14. The second kappa shape index (κ2) is 7.78. The van der Waals surface area contributed by atoms with E-state index in [4.69, 9.17) is 0 Å². The molecule has 6 nitrogen and oxygen atoms in total. The molecule has 1 aliphatic carbocycles. The van der Waals surface area contributed by atoms with Crippen LogP contribution in [0.5, 0.6) is 0 Å². The van der Waals surface area contributed by atoms with Crippen molar-refractivity contribution in [2.24, 2.45) is 7.05 Å². The molecular formula is C21H25N5O. The average molecular weight is 363 g/mol. The van der Waals surface area contributed by atoms with Crippen molar-refractivity contribution in [3.63, 3.8) is 0 Å². The zero-order valence-electron chi connectivity index (χ0n) is 15.6. The normalized spacial score (nSPS) is 14.6. The third-order valence-electron chi connectivity index (χ3n) is 5.29. The lowest BCUT2D eigenvalue weighted by molar-refractivity contribution is -0.121. The van der Waals surface area contributed by atoms with E-state index in [9.17, 15) is 4.79 Å². The Labute approximate surface area is 159 Å². The molecule has 1 aliphatic rings. The molecular weight excluding hydrogens is 338 g/mol. The number of carbonyl (C=O) groups is 1. The van der Waals surface area contributed by atoms with Gasteiger partial charge >= 0.3 is 0 Å². The maximum absolute atomic E-state index is 12.7. The molecule has 0 saturated carbocycles. The number of nitrogens with one attached hydrogen (secondary N) is 2. The maximum Gasteiger partial charge on any atom is 0.221 e. The van der Waals surface area contributed by atoms with Gasteiger partial charge in [-0.05, 0) is 36.8 Å². The van der Waals surface area contributed by atoms with Gasteiger partial charge in [0, 0.05) is 38.0 Å². The van der Waals surface area contributed by atoms with Crippen molar-refractivity contribution in [1.82, 2.24) is 25.1 Å². The summed E-state index contributed by atoms with van der Waals surface area (Å²) in [5.41, 5.74) is 4.66. The molecule has 140 valence electrons. The smallest absolute Gasteiger partial charge is 0.221 e. The summed E-state index contributed by atoms with van der Waals surface area (Å²) in [6.07, 6.45) is 9.32. The van der Waals surface area contributed by atoms with E-state index in [1.165, 1.54) is 24.1 Å². The first-order valence-electron chi connectivity index (χ1n) is 9.59. The summed E-state index contributed by atoms with van der Waals surface area (Å²) in [6.45, 7) is 0. The molecule has 4 rings (SSSR count). The van der Waals surface area contributed by atoms with E-state index >= 15 is 0 Å². The number of aromatic amines is 1. The molecule has 27 heavy (non-hydrogen) atoms. The van der Waals surface area contributed by atoms with Gasteiger partial charge in [0.05, 0.1) is 5.69 Å². The van der Waals surface area contributed by atoms with Gasteiger partial charge in [0.25, 0.3) is 0 Å². The van der Waals surface area contributed by atoms with Crippen LogP contribution < -0.4 is 5.32 Å². The number of rotatable bonds is 6. The number of H-pyrrole nitrogens is 1. The molecule has 1 amide bonds. The Morgan fingerprint density at radius 1 is 1.26 bits per heavy atom. The highest BCUT2D eigenvalue weighted by molar-refractivity contribution is 5.77. The highest BCUT2D eigenvalue weighted by Gasteiger charge is 2.22. The number of aromatic nitrogens is 4. The number of hydrogen-bond acceptors (Lipinski definition) is 3. The summed E-state index contributed by atoms with van der Waals surface area (Å²) in [6, 6.07) is 9.71. The van der Waals surface area contributed by atoms with Gasteiger partial charge in [0.1, 0.15) is 11.9 Å². The van der Waals surface area contributed by atoms with Crippen molar-refractivity contribution < 1.29 is 4.79 Å². The second-order valence-electron chi connectivity index (χ2n) is 7.14. The summed E-state index contributed by atoms with van der Waals surface area (Å²) < 4.78 is 1.95. The first-order chi connectivity index (χ1) is 13.2. The van der Waals surface area contributed by atoms with E-state index in [-0.39, 0.29) is 11.9 Å². The fourth-order valence-electron chi connectivity index (χ4n) is 3.82. The molecule has 3 aromatic rings. The Balaban J connectivity index is 1.46. The maximum atomic E-state index is 12.7. The Kier molecular flexibility index (Phi) is 5.05. The van der Waals surface area contributed by atoms with E-state index in [2.05, 4.69) is 20.5 Å². The molecule has 0 saturated heterocycles. The molecule has 1 unspecified atom stereocenters. The molecule has 1 aromatic carbocycles. The monoisotopic (exact) mass is 363 g/mol. The Bertz CT molecular complexity index is 912. The predicted molar refractivity (Wildman–Crippen MR) is 103 cm³/mol. The number of carbonyl (C=O) groups excluding carboxylic acids is 1. The van der Waals surface area contributed by atoms with E-state index in [0.717, 1.165) is 29.9 Å². The number of amides is 1. The van der Waals surface area contributed by atoms with Crippen molar-refractivity contribution in [1.29, 1.82) is 0 Å². The van der Waals surface area contributed by atoms with Gasteiger partial charge in [-0.1, -0.05) is 30.3 Å². The lowest BCUT2D eigenvalue weighted by Crippen LogP contribution is -2.31. The summed E-state index contributed by atoms with van der Waals surface area (Å²) >= 11 is 0. The standard InChI is InChI=1S/C21H25N5O/c1-26-14-13-22-21(26)20(15-7-3-2-4-8-15)23-19(27)12-11-18-16-9-5-6-10-17(16)24-25-18/h2-4,7-8,13-14,20H,5-6,9-12H2,1H3,(H,23,27)(H,24,25). The fraction of sp³-hybridized carbons (Fsp3) is 0.381. The number of aryl methyl sites for hydroxylation is 3. The molecule has 6 heteroatoms. The van der Waals surface area contributed by atoms with E-state index in [0.29, 0.717) is 12.8 Å². The summed E-state index contributed by atoms with van der Waals surface area (Å²) in [5.74, 6) is 0.839. The minimum absolute atomic E-state index is 0.0133. The van der Waals surface area contributed by atoms with Crippen LogP contribution >= 0.6 is 0 Å². The van der Waals surface area contributed by atoms with Gasteiger partial charge in [-0.25, -0.2) is 4.98 Å². The van der Waals surface area contributed by atoms with Crippen LogP contribution in [0.2, 0.25) is 0 Å². The molecule has 0 radical (unpaired) electrons. The molecule has 0 aliphatic heterocycles. The third-order valence-corrected chi connectivity index (χ3v) is 5.29. The lowest BCUT2D eigenvalue weighted by Gasteiger charge is -2.19. The van der Waals surface area contributed by atoms with Crippen LogP contribution in [-0.2, 0) is 31.1 Å². The van der Waals surface area contributed by atoms with E-state index < -0.39 is 0 Å². The van der Waals surface area contributed by atoms with Gasteiger partial charge in [0.2, 0.25) is 5.91 Å². The Morgan fingerprint density at radius 2 is 2.07 bits per heavy atom. The lowest BCUT2D eigenvalue weighted by atomic mass is 9.94. The highest BCUT2D eigenvalue weighted by atomic mass is 16.1. The molecule has 1 atom stereocenters. The van der Waals surface area contributed by atoms with Crippen molar-refractivity contribution in [3.05, 3.63) is 71.1 Å². The highest BCUT2D eigenvalue weighted by Crippen LogP contribution is 2.24. The van der Waals surface area contributed by atoms with Gasteiger partial charge in [-0.3, -0.25) is 9.89 Å². The molecule has 0 fully saturated rings. The molecule has 2 N–H and O–H groups in total. The van der Waals surface area contributed by atoms with Crippen LogP contribution in [0.15, 0.2) is 42.7 Å². The number of nitrogens with zero attached hydrogens (tertiary/aromatic N) is 3. The molecule has 0 spiro atoms. The number of benzene rings is 1. The Morgan fingerprint density at radius 3 is 2.85 bits per heavy atom. The molecule has 2 heterocycles. The van der Waals surface area contributed by atoms with Gasteiger partial charge < -0.3 is 9.88 Å². The van der Waals surface area contributed by atoms with E-state index in [1.54, 1.807) is 6.20 Å². The average Bonchev–Trinajstić information content (AvgIpc) is 3.31. The van der Waals surface area contributed by atoms with Gasteiger partial charge in [-0.15, -0.1) is 0 Å². The van der Waals surface area contributed by atoms with Crippen molar-refractivity contribution in [3.8, 4) is 0 Å². The summed E-state index contributed by atoms with van der Waals surface area (Å²) in [7, 11) is 1.94. The first kappa shape index (κ1) is 17.5. The summed E-state index contributed by atoms with van der Waals surface area (Å²) in [5, 5.41) is 10.8. The van der Waals surface area contributed by atoms with Crippen molar-refractivity contribution in [2.75, 3.05) is 0 Å². The zero-order valence-corrected chi connectivity index (χ0v) is 15.6. The summed E-state index contributed by atoms with van der Waals surface area (Å²) in [4.78, 5) is 17.2. The topological polar surface area (TPSA) is 75.6 Å².